The number of esters is 2. The van der Waals surface area contributed by atoms with Crippen molar-refractivity contribution in [2.75, 3.05) is 47.5 Å². The molecule has 1 N–H and O–H groups in total. The van der Waals surface area contributed by atoms with Gasteiger partial charge in [0.15, 0.2) is 6.10 Å². The Morgan fingerprint density at radius 3 is 1.47 bits per heavy atom. The molecule has 0 heterocycles. The summed E-state index contributed by atoms with van der Waals surface area (Å²) in [5, 5.41) is 9.58. The Morgan fingerprint density at radius 2 is 0.983 bits per heavy atom. The van der Waals surface area contributed by atoms with E-state index in [1.165, 1.54) is 6.42 Å². The number of aliphatic carboxylic acids is 1. The van der Waals surface area contributed by atoms with Crippen molar-refractivity contribution in [3.63, 3.8) is 0 Å². The van der Waals surface area contributed by atoms with E-state index in [0.717, 1.165) is 96.3 Å². The summed E-state index contributed by atoms with van der Waals surface area (Å²) in [6, 6.07) is 0. The van der Waals surface area contributed by atoms with Gasteiger partial charge in [-0.1, -0.05) is 143 Å². The van der Waals surface area contributed by atoms with Crippen LogP contribution in [0.15, 0.2) is 97.2 Å². The van der Waals surface area contributed by atoms with E-state index in [2.05, 4.69) is 111 Å². The highest BCUT2D eigenvalue weighted by molar-refractivity contribution is 5.71. The van der Waals surface area contributed by atoms with Gasteiger partial charge in [-0.25, -0.2) is 4.79 Å². The molecule has 0 saturated carbocycles. The Labute approximate surface area is 352 Å². The van der Waals surface area contributed by atoms with Crippen molar-refractivity contribution in [1.82, 2.24) is 0 Å². The summed E-state index contributed by atoms with van der Waals surface area (Å²) in [6.45, 7) is 4.59. The molecule has 0 fully saturated rings. The highest BCUT2D eigenvalue weighted by Crippen LogP contribution is 2.10. The topological polar surface area (TPSA) is 108 Å². The van der Waals surface area contributed by atoms with Crippen molar-refractivity contribution in [1.29, 1.82) is 0 Å². The first-order valence-electron chi connectivity index (χ1n) is 21.9. The lowest BCUT2D eigenvalue weighted by Crippen LogP contribution is -2.40. The summed E-state index contributed by atoms with van der Waals surface area (Å²) in [6.07, 6.45) is 49.4. The summed E-state index contributed by atoms with van der Waals surface area (Å²) in [5.74, 6) is -2.10. The summed E-state index contributed by atoms with van der Waals surface area (Å²) in [4.78, 5) is 36.8. The number of likely N-dealkylation sites (N-methyl/N-ethyl adjacent to an activating group) is 1. The van der Waals surface area contributed by atoms with Crippen LogP contribution in [0.4, 0.5) is 0 Å². The summed E-state index contributed by atoms with van der Waals surface area (Å²) in [7, 11) is 5.92. The van der Waals surface area contributed by atoms with Gasteiger partial charge < -0.3 is 28.5 Å². The zero-order chi connectivity index (χ0) is 42.8. The van der Waals surface area contributed by atoms with Gasteiger partial charge in [-0.05, 0) is 77.0 Å². The van der Waals surface area contributed by atoms with E-state index in [0.29, 0.717) is 17.4 Å². The number of hydrogen-bond donors (Lipinski definition) is 1. The maximum absolute atomic E-state index is 12.7. The minimum absolute atomic E-state index is 0.174. The molecule has 0 bridgehead atoms. The first kappa shape index (κ1) is 54.2. The number of carbonyl (C=O) groups excluding carboxylic acids is 2. The molecule has 0 aliphatic carbocycles. The fraction of sp³-hybridized carbons (Fsp3) is 0.612. The third-order valence-electron chi connectivity index (χ3n) is 8.61. The SMILES string of the molecule is CC/C=C\C/C=C\C/C=C\C/C=C\C/C=C\C/C=C\C/C=C\C/C=C\CCCCC(=O)OC(COC(=O)CCCCCCCC)COC(OCC[N+](C)(C)C)C(=O)O. The monoisotopic (exact) mass is 811 g/mol. The fourth-order valence-corrected chi connectivity index (χ4v) is 5.20. The maximum atomic E-state index is 12.7. The van der Waals surface area contributed by atoms with Gasteiger partial charge in [0, 0.05) is 12.8 Å². The van der Waals surface area contributed by atoms with Crippen molar-refractivity contribution >= 4 is 17.9 Å². The van der Waals surface area contributed by atoms with E-state index in [4.69, 9.17) is 18.9 Å². The number of rotatable bonds is 38. The Balaban J connectivity index is 4.38. The Morgan fingerprint density at radius 1 is 0.534 bits per heavy atom. The number of carboxylic acids is 1. The molecule has 0 aliphatic rings. The van der Waals surface area contributed by atoms with Gasteiger partial charge in [-0.2, -0.15) is 0 Å². The van der Waals surface area contributed by atoms with Crippen LogP contribution in [0.25, 0.3) is 0 Å². The van der Waals surface area contributed by atoms with Crippen LogP contribution in [-0.2, 0) is 33.3 Å². The van der Waals surface area contributed by atoms with Crippen molar-refractivity contribution in [3.8, 4) is 0 Å². The first-order chi connectivity index (χ1) is 28.1. The molecule has 58 heavy (non-hydrogen) atoms. The van der Waals surface area contributed by atoms with Crippen LogP contribution < -0.4 is 0 Å². The zero-order valence-electron chi connectivity index (χ0n) is 36.9. The average Bonchev–Trinajstić information content (AvgIpc) is 3.18. The maximum Gasteiger partial charge on any atom is 0.361 e. The highest BCUT2D eigenvalue weighted by Gasteiger charge is 2.25. The van der Waals surface area contributed by atoms with Gasteiger partial charge in [0.05, 0.1) is 34.4 Å². The van der Waals surface area contributed by atoms with Gasteiger partial charge in [0.25, 0.3) is 6.29 Å². The normalized spacial score (nSPS) is 13.9. The molecule has 0 aromatic rings. The smallest absolute Gasteiger partial charge is 0.361 e. The van der Waals surface area contributed by atoms with Gasteiger partial charge in [0.2, 0.25) is 0 Å². The highest BCUT2D eigenvalue weighted by atomic mass is 16.7. The van der Waals surface area contributed by atoms with Crippen LogP contribution in [0.3, 0.4) is 0 Å². The fourth-order valence-electron chi connectivity index (χ4n) is 5.20. The summed E-state index contributed by atoms with van der Waals surface area (Å²) < 4.78 is 22.5. The van der Waals surface area contributed by atoms with Gasteiger partial charge in [-0.3, -0.25) is 9.59 Å². The molecule has 0 amide bonds. The molecule has 0 saturated heterocycles. The van der Waals surface area contributed by atoms with Crippen molar-refractivity contribution < 1.29 is 42.9 Å². The van der Waals surface area contributed by atoms with Crippen LogP contribution in [0.2, 0.25) is 0 Å². The second-order valence-corrected chi connectivity index (χ2v) is 15.3. The van der Waals surface area contributed by atoms with Gasteiger partial charge in [-0.15, -0.1) is 0 Å². The van der Waals surface area contributed by atoms with Gasteiger partial charge >= 0.3 is 17.9 Å². The van der Waals surface area contributed by atoms with E-state index >= 15 is 0 Å². The molecule has 9 heteroatoms. The number of quaternary nitrogens is 1. The third-order valence-corrected chi connectivity index (χ3v) is 8.61. The first-order valence-corrected chi connectivity index (χ1v) is 21.9. The minimum Gasteiger partial charge on any atom is -0.477 e. The van der Waals surface area contributed by atoms with Crippen LogP contribution in [0.1, 0.15) is 136 Å². The van der Waals surface area contributed by atoms with E-state index in [1.807, 2.05) is 21.1 Å². The lowest BCUT2D eigenvalue weighted by molar-refractivity contribution is -0.870. The second-order valence-electron chi connectivity index (χ2n) is 15.3. The van der Waals surface area contributed by atoms with Crippen molar-refractivity contribution in [2.24, 2.45) is 0 Å². The molecular formula is C49H80NO8+. The zero-order valence-corrected chi connectivity index (χ0v) is 36.9. The predicted molar refractivity (Wildman–Crippen MR) is 239 cm³/mol. The third kappa shape index (κ3) is 40.4. The molecule has 0 aromatic carbocycles. The standard InChI is InChI=1S/C49H79NO8/c1-6-8-10-12-14-15-16-17-18-19-20-21-22-23-24-25-26-27-28-29-30-31-32-33-34-36-38-40-47(52)58-45(43-56-46(51)39-37-35-13-11-9-7-2)44-57-49(48(53)54)55-42-41-50(3,4)5/h8,10,14-15,17-18,20-21,23-24,26-27,29-30,32-33,45,49H,6-7,9,11-13,16,19,22,25,28,31,34-44H2,1-5H3/p+1/b10-8-,15-14-,18-17-,21-20-,24-23-,27-26-,30-29-,33-32-. The number of carbonyl (C=O) groups is 3. The van der Waals surface area contributed by atoms with Crippen LogP contribution >= 0.6 is 0 Å². The lowest BCUT2D eigenvalue weighted by Gasteiger charge is -2.25. The number of unbranched alkanes of at least 4 members (excludes halogenated alkanes) is 7. The van der Waals surface area contributed by atoms with Crippen molar-refractivity contribution in [2.45, 2.75) is 148 Å². The second kappa shape index (κ2) is 40.0. The quantitative estimate of drug-likeness (QED) is 0.0216. The van der Waals surface area contributed by atoms with Crippen LogP contribution in [0.5, 0.6) is 0 Å². The average molecular weight is 811 g/mol. The number of hydrogen-bond acceptors (Lipinski definition) is 7. The lowest BCUT2D eigenvalue weighted by atomic mass is 10.1. The molecule has 0 radical (unpaired) electrons. The molecule has 2 atom stereocenters. The Bertz CT molecular complexity index is 1270. The number of nitrogens with zero attached hydrogens (tertiary/aromatic N) is 1. The molecule has 9 nitrogen and oxygen atoms in total. The largest absolute Gasteiger partial charge is 0.477 e. The minimum atomic E-state index is -1.52. The van der Waals surface area contributed by atoms with Crippen molar-refractivity contribution in [3.05, 3.63) is 97.2 Å². The Hall–Kier alpha value is -3.79. The summed E-state index contributed by atoms with van der Waals surface area (Å²) in [5.41, 5.74) is 0. The Kier molecular flexibility index (Phi) is 37.4. The molecule has 0 aromatic heterocycles. The van der Waals surface area contributed by atoms with Gasteiger partial charge in [0.1, 0.15) is 13.2 Å². The van der Waals surface area contributed by atoms with E-state index in [1.54, 1.807) is 0 Å². The number of carboxylic acid groups (broad SMARTS) is 1. The molecule has 328 valence electrons. The molecule has 0 aliphatic heterocycles. The van der Waals surface area contributed by atoms with E-state index < -0.39 is 24.3 Å². The van der Waals surface area contributed by atoms with E-state index in [9.17, 15) is 19.5 Å². The number of ether oxygens (including phenoxy) is 4. The molecular weight excluding hydrogens is 731 g/mol. The summed E-state index contributed by atoms with van der Waals surface area (Å²) >= 11 is 0. The predicted octanol–water partition coefficient (Wildman–Crippen LogP) is 11.5. The van der Waals surface area contributed by atoms with Crippen LogP contribution in [0, 0.1) is 0 Å². The van der Waals surface area contributed by atoms with E-state index in [-0.39, 0.29) is 38.6 Å². The van der Waals surface area contributed by atoms with Crippen LogP contribution in [-0.4, -0.2) is 87.4 Å². The number of allylic oxidation sites excluding steroid dienone is 16. The molecule has 0 rings (SSSR count). The molecule has 0 spiro atoms. The molecule has 2 unspecified atom stereocenters.